The van der Waals surface area contributed by atoms with E-state index >= 15 is 0 Å². The van der Waals surface area contributed by atoms with Gasteiger partial charge in [0.25, 0.3) is 0 Å². The fraction of sp³-hybridized carbons (Fsp3) is 0.538. The van der Waals surface area contributed by atoms with Crippen molar-refractivity contribution in [2.75, 3.05) is 13.1 Å². The molecule has 2 unspecified atom stereocenters. The number of benzene rings is 1. The molecular formula is C13H18BrClN2. The highest BCUT2D eigenvalue weighted by Gasteiger charge is 2.28. The zero-order chi connectivity index (χ0) is 12.4. The van der Waals surface area contributed by atoms with E-state index in [1.165, 1.54) is 18.4 Å². The number of rotatable bonds is 3. The molecule has 1 heterocycles. The Balaban J connectivity index is 2.28. The molecule has 0 spiro atoms. The lowest BCUT2D eigenvalue weighted by Gasteiger charge is -2.31. The molecule has 0 radical (unpaired) electrons. The highest BCUT2D eigenvalue weighted by molar-refractivity contribution is 9.10. The monoisotopic (exact) mass is 316 g/mol. The zero-order valence-corrected chi connectivity index (χ0v) is 12.3. The maximum atomic E-state index is 5.98. The number of likely N-dealkylation sites (tertiary alicyclic amines) is 1. The smallest absolute Gasteiger partial charge is 0.0484 e. The molecule has 1 aromatic rings. The van der Waals surface area contributed by atoms with Gasteiger partial charge in [-0.3, -0.25) is 4.90 Å². The molecular weight excluding hydrogens is 300 g/mol. The summed E-state index contributed by atoms with van der Waals surface area (Å²) in [7, 11) is 0. The van der Waals surface area contributed by atoms with Gasteiger partial charge < -0.3 is 5.73 Å². The second-order valence-electron chi connectivity index (χ2n) is 4.65. The van der Waals surface area contributed by atoms with Crippen LogP contribution in [0.3, 0.4) is 0 Å². The van der Waals surface area contributed by atoms with Crippen molar-refractivity contribution in [1.29, 1.82) is 0 Å². The Kier molecular flexibility index (Phi) is 4.47. The first-order chi connectivity index (χ1) is 8.13. The highest BCUT2D eigenvalue weighted by atomic mass is 79.9. The average Bonchev–Trinajstić information content (AvgIpc) is 2.69. The summed E-state index contributed by atoms with van der Waals surface area (Å²) in [6.07, 6.45) is 2.53. The van der Waals surface area contributed by atoms with E-state index in [2.05, 4.69) is 33.8 Å². The standard InChI is InChI=1S/C13H18BrClN2/c1-9-3-2-6-17(9)13(8-16)11-5-4-10(15)7-12(11)14/h4-5,7,9,13H,2-3,6,8,16H2,1H3. The van der Waals surface area contributed by atoms with Crippen molar-refractivity contribution < 1.29 is 0 Å². The molecule has 94 valence electrons. The van der Waals surface area contributed by atoms with E-state index in [1.54, 1.807) is 0 Å². The Hall–Kier alpha value is -0.0900. The fourth-order valence-electron chi connectivity index (χ4n) is 2.63. The third kappa shape index (κ3) is 2.84. The van der Waals surface area contributed by atoms with Gasteiger partial charge in [-0.2, -0.15) is 0 Å². The number of halogens is 2. The first-order valence-electron chi connectivity index (χ1n) is 6.04. The molecule has 1 fully saturated rings. The van der Waals surface area contributed by atoms with Crippen LogP contribution in [-0.2, 0) is 0 Å². The van der Waals surface area contributed by atoms with Crippen LogP contribution in [0, 0.1) is 0 Å². The molecule has 0 bridgehead atoms. The lowest BCUT2D eigenvalue weighted by atomic mass is 10.0. The molecule has 1 saturated heterocycles. The Labute approximate surface area is 116 Å². The van der Waals surface area contributed by atoms with Gasteiger partial charge in [0.2, 0.25) is 0 Å². The van der Waals surface area contributed by atoms with Crippen molar-refractivity contribution in [3.63, 3.8) is 0 Å². The summed E-state index contributed by atoms with van der Waals surface area (Å²) in [5.74, 6) is 0. The van der Waals surface area contributed by atoms with E-state index in [9.17, 15) is 0 Å². The second-order valence-corrected chi connectivity index (χ2v) is 5.94. The number of nitrogens with two attached hydrogens (primary N) is 1. The van der Waals surface area contributed by atoms with E-state index in [1.807, 2.05) is 12.1 Å². The van der Waals surface area contributed by atoms with Gasteiger partial charge in [-0.25, -0.2) is 0 Å². The largest absolute Gasteiger partial charge is 0.329 e. The summed E-state index contributed by atoms with van der Waals surface area (Å²) in [5.41, 5.74) is 7.20. The van der Waals surface area contributed by atoms with Crippen molar-refractivity contribution in [2.24, 2.45) is 5.73 Å². The molecule has 2 N–H and O–H groups in total. The van der Waals surface area contributed by atoms with Crippen molar-refractivity contribution >= 4 is 27.5 Å². The highest BCUT2D eigenvalue weighted by Crippen LogP contribution is 2.33. The molecule has 2 nitrogen and oxygen atoms in total. The lowest BCUT2D eigenvalue weighted by Crippen LogP contribution is -2.36. The van der Waals surface area contributed by atoms with Gasteiger partial charge in [-0.1, -0.05) is 33.6 Å². The minimum atomic E-state index is 0.291. The van der Waals surface area contributed by atoms with E-state index in [4.69, 9.17) is 17.3 Å². The fourth-order valence-corrected chi connectivity index (χ4v) is 3.58. The van der Waals surface area contributed by atoms with Crippen LogP contribution in [-0.4, -0.2) is 24.0 Å². The Morgan fingerprint density at radius 3 is 2.88 bits per heavy atom. The summed E-state index contributed by atoms with van der Waals surface area (Å²) in [6, 6.07) is 6.87. The Bertz CT molecular complexity index is 397. The molecule has 1 aliphatic rings. The minimum absolute atomic E-state index is 0.291. The Morgan fingerprint density at radius 1 is 1.59 bits per heavy atom. The molecule has 4 heteroatoms. The van der Waals surface area contributed by atoms with E-state index in [-0.39, 0.29) is 0 Å². The van der Waals surface area contributed by atoms with Crippen LogP contribution in [0.2, 0.25) is 5.02 Å². The second kappa shape index (κ2) is 5.70. The van der Waals surface area contributed by atoms with Gasteiger partial charge in [0.05, 0.1) is 0 Å². The van der Waals surface area contributed by atoms with Crippen molar-refractivity contribution in [1.82, 2.24) is 4.90 Å². The average molecular weight is 318 g/mol. The number of nitrogens with zero attached hydrogens (tertiary/aromatic N) is 1. The summed E-state index contributed by atoms with van der Waals surface area (Å²) >= 11 is 9.57. The van der Waals surface area contributed by atoms with Crippen LogP contribution in [0.25, 0.3) is 0 Å². The summed E-state index contributed by atoms with van der Waals surface area (Å²) < 4.78 is 1.06. The number of hydrogen-bond donors (Lipinski definition) is 1. The molecule has 2 rings (SSSR count). The van der Waals surface area contributed by atoms with Gasteiger partial charge in [0, 0.05) is 28.1 Å². The predicted octanol–water partition coefficient (Wildman–Crippen LogP) is 3.59. The summed E-state index contributed by atoms with van der Waals surface area (Å²) in [4.78, 5) is 2.49. The molecule has 1 aliphatic heterocycles. The van der Waals surface area contributed by atoms with Crippen LogP contribution < -0.4 is 5.73 Å². The maximum Gasteiger partial charge on any atom is 0.0484 e. The Morgan fingerprint density at radius 2 is 2.35 bits per heavy atom. The van der Waals surface area contributed by atoms with E-state index < -0.39 is 0 Å². The third-order valence-corrected chi connectivity index (χ3v) is 4.47. The zero-order valence-electron chi connectivity index (χ0n) is 10.00. The van der Waals surface area contributed by atoms with Crippen molar-refractivity contribution in [2.45, 2.75) is 31.8 Å². The van der Waals surface area contributed by atoms with Crippen molar-refractivity contribution in [3.05, 3.63) is 33.3 Å². The van der Waals surface area contributed by atoms with Crippen LogP contribution in [0.5, 0.6) is 0 Å². The van der Waals surface area contributed by atoms with Crippen LogP contribution in [0.1, 0.15) is 31.4 Å². The molecule has 0 aromatic heterocycles. The van der Waals surface area contributed by atoms with Gasteiger partial charge in [0.15, 0.2) is 0 Å². The lowest BCUT2D eigenvalue weighted by molar-refractivity contribution is 0.195. The first kappa shape index (κ1) is 13.3. The van der Waals surface area contributed by atoms with Crippen LogP contribution in [0.4, 0.5) is 0 Å². The molecule has 1 aromatic carbocycles. The quantitative estimate of drug-likeness (QED) is 0.923. The first-order valence-corrected chi connectivity index (χ1v) is 7.21. The minimum Gasteiger partial charge on any atom is -0.329 e. The summed E-state index contributed by atoms with van der Waals surface area (Å²) in [6.45, 7) is 4.06. The van der Waals surface area contributed by atoms with Crippen LogP contribution in [0.15, 0.2) is 22.7 Å². The summed E-state index contributed by atoms with van der Waals surface area (Å²) in [5, 5.41) is 0.755. The van der Waals surface area contributed by atoms with E-state index in [0.717, 1.165) is 16.0 Å². The molecule has 0 amide bonds. The van der Waals surface area contributed by atoms with Gasteiger partial charge in [0.1, 0.15) is 0 Å². The van der Waals surface area contributed by atoms with Gasteiger partial charge in [-0.05, 0) is 44.0 Å². The van der Waals surface area contributed by atoms with Crippen LogP contribution >= 0.6 is 27.5 Å². The molecule has 2 atom stereocenters. The SMILES string of the molecule is CC1CCCN1C(CN)c1ccc(Cl)cc1Br. The molecule has 17 heavy (non-hydrogen) atoms. The normalized spacial score (nSPS) is 22.9. The third-order valence-electron chi connectivity index (χ3n) is 3.55. The van der Waals surface area contributed by atoms with Gasteiger partial charge in [-0.15, -0.1) is 0 Å². The predicted molar refractivity (Wildman–Crippen MR) is 76.3 cm³/mol. The number of hydrogen-bond acceptors (Lipinski definition) is 2. The molecule has 0 saturated carbocycles. The van der Waals surface area contributed by atoms with Crippen molar-refractivity contribution in [3.8, 4) is 0 Å². The molecule has 0 aliphatic carbocycles. The van der Waals surface area contributed by atoms with E-state index in [0.29, 0.717) is 18.6 Å². The van der Waals surface area contributed by atoms with Gasteiger partial charge >= 0.3 is 0 Å². The topological polar surface area (TPSA) is 29.3 Å². The maximum absolute atomic E-state index is 5.98.